The first-order valence-electron chi connectivity index (χ1n) is 6.90. The van der Waals surface area contributed by atoms with Crippen molar-refractivity contribution in [1.29, 1.82) is 0 Å². The molecular formula is C16H20N2O. The van der Waals surface area contributed by atoms with E-state index in [0.717, 1.165) is 17.7 Å². The third kappa shape index (κ3) is 2.07. The number of hydrazone groups is 1. The average molecular weight is 256 g/mol. The minimum absolute atomic E-state index is 0.0610. The Morgan fingerprint density at radius 2 is 2.05 bits per heavy atom. The van der Waals surface area contributed by atoms with Gasteiger partial charge in [0.1, 0.15) is 5.78 Å². The maximum Gasteiger partial charge on any atom is 0.144 e. The van der Waals surface area contributed by atoms with E-state index >= 15 is 0 Å². The molecule has 0 amide bonds. The number of ketones is 1. The number of hydrogen-bond donors (Lipinski definition) is 1. The lowest BCUT2D eigenvalue weighted by atomic mass is 9.68. The maximum absolute atomic E-state index is 12.5. The van der Waals surface area contributed by atoms with Gasteiger partial charge in [0.15, 0.2) is 0 Å². The Hall–Kier alpha value is -1.64. The standard InChI is InChI=1S/C16H20N2O/c1-10-6-4-5-7-11(10)15-14-12(17-18-15)8-16(2,3)9-13(14)19/h4-7,12,14,17H,8-9H2,1-3H3/t12-,14+/m1/s1. The summed E-state index contributed by atoms with van der Waals surface area (Å²) in [5.74, 6) is 0.266. The predicted octanol–water partition coefficient (Wildman–Crippen LogP) is 2.68. The number of nitrogens with zero attached hydrogens (tertiary/aromatic N) is 1. The molecule has 0 aromatic heterocycles. The molecule has 2 aliphatic rings. The summed E-state index contributed by atoms with van der Waals surface area (Å²) in [5, 5.41) is 4.47. The van der Waals surface area contributed by atoms with Crippen LogP contribution in [0.4, 0.5) is 0 Å². The van der Waals surface area contributed by atoms with Gasteiger partial charge in [0.05, 0.1) is 17.7 Å². The predicted molar refractivity (Wildman–Crippen MR) is 76.2 cm³/mol. The highest BCUT2D eigenvalue weighted by atomic mass is 16.1. The number of Topliss-reactive ketones (excluding diaryl/α,β-unsaturated/α-hetero) is 1. The summed E-state index contributed by atoms with van der Waals surface area (Å²) in [6.45, 7) is 6.39. The molecule has 1 aromatic carbocycles. The molecule has 1 fully saturated rings. The van der Waals surface area contributed by atoms with Crippen LogP contribution in [0.1, 0.15) is 37.8 Å². The summed E-state index contributed by atoms with van der Waals surface area (Å²) < 4.78 is 0. The zero-order valence-electron chi connectivity index (χ0n) is 11.7. The number of fused-ring (bicyclic) bond motifs is 1. The fourth-order valence-electron chi connectivity index (χ4n) is 3.36. The van der Waals surface area contributed by atoms with Gasteiger partial charge in [-0.2, -0.15) is 5.10 Å². The summed E-state index contributed by atoms with van der Waals surface area (Å²) in [7, 11) is 0. The molecule has 100 valence electrons. The Kier molecular flexibility index (Phi) is 2.73. The molecule has 0 radical (unpaired) electrons. The molecule has 1 saturated carbocycles. The molecule has 1 aromatic rings. The van der Waals surface area contributed by atoms with Crippen LogP contribution in [0.3, 0.4) is 0 Å². The highest BCUT2D eigenvalue weighted by molar-refractivity contribution is 6.16. The number of nitrogens with one attached hydrogen (secondary N) is 1. The van der Waals surface area contributed by atoms with Crippen molar-refractivity contribution in [2.45, 2.75) is 39.7 Å². The average Bonchev–Trinajstić information content (AvgIpc) is 2.71. The molecule has 1 N–H and O–H groups in total. The van der Waals surface area contributed by atoms with Gasteiger partial charge >= 0.3 is 0 Å². The molecule has 3 nitrogen and oxygen atoms in total. The summed E-state index contributed by atoms with van der Waals surface area (Å²) in [6, 6.07) is 8.33. The largest absolute Gasteiger partial charge is 0.306 e. The van der Waals surface area contributed by atoms with E-state index in [1.165, 1.54) is 5.56 Å². The second kappa shape index (κ2) is 4.19. The lowest BCUT2D eigenvalue weighted by Crippen LogP contribution is -2.45. The van der Waals surface area contributed by atoms with Crippen LogP contribution >= 0.6 is 0 Å². The van der Waals surface area contributed by atoms with Crippen LogP contribution < -0.4 is 5.43 Å². The SMILES string of the molecule is Cc1ccccc1C1=NN[C@@H]2CC(C)(C)CC(=O)[C@@H]12. The Morgan fingerprint density at radius 3 is 2.79 bits per heavy atom. The van der Waals surface area contributed by atoms with Gasteiger partial charge in [-0.05, 0) is 24.3 Å². The fourth-order valence-corrected chi connectivity index (χ4v) is 3.36. The zero-order valence-corrected chi connectivity index (χ0v) is 11.7. The Bertz CT molecular complexity index is 560. The van der Waals surface area contributed by atoms with Crippen molar-refractivity contribution in [3.63, 3.8) is 0 Å². The molecule has 0 spiro atoms. The van der Waals surface area contributed by atoms with E-state index in [1.54, 1.807) is 0 Å². The highest BCUT2D eigenvalue weighted by Crippen LogP contribution is 2.39. The minimum atomic E-state index is -0.0610. The number of carbonyl (C=O) groups excluding carboxylic acids is 1. The lowest BCUT2D eigenvalue weighted by Gasteiger charge is -2.36. The fraction of sp³-hybridized carbons (Fsp3) is 0.500. The van der Waals surface area contributed by atoms with E-state index < -0.39 is 0 Å². The molecule has 0 bridgehead atoms. The molecule has 1 aliphatic carbocycles. The van der Waals surface area contributed by atoms with E-state index in [9.17, 15) is 4.79 Å². The number of benzene rings is 1. The van der Waals surface area contributed by atoms with Crippen LogP contribution in [0.25, 0.3) is 0 Å². The molecule has 0 unspecified atom stereocenters. The zero-order chi connectivity index (χ0) is 13.6. The summed E-state index contributed by atoms with van der Waals surface area (Å²) in [5.41, 5.74) is 6.50. The molecule has 3 rings (SSSR count). The second-order valence-corrected chi connectivity index (χ2v) is 6.54. The van der Waals surface area contributed by atoms with E-state index in [0.29, 0.717) is 12.2 Å². The smallest absolute Gasteiger partial charge is 0.144 e. The third-order valence-corrected chi connectivity index (χ3v) is 4.24. The van der Waals surface area contributed by atoms with E-state index in [-0.39, 0.29) is 17.4 Å². The quantitative estimate of drug-likeness (QED) is 0.839. The van der Waals surface area contributed by atoms with Gasteiger partial charge in [-0.25, -0.2) is 0 Å². The van der Waals surface area contributed by atoms with Crippen molar-refractivity contribution >= 4 is 11.5 Å². The van der Waals surface area contributed by atoms with Gasteiger partial charge in [0, 0.05) is 12.0 Å². The second-order valence-electron chi connectivity index (χ2n) is 6.54. The van der Waals surface area contributed by atoms with E-state index in [4.69, 9.17) is 0 Å². The minimum Gasteiger partial charge on any atom is -0.306 e. The van der Waals surface area contributed by atoms with Gasteiger partial charge in [-0.1, -0.05) is 38.1 Å². The van der Waals surface area contributed by atoms with E-state index in [1.807, 2.05) is 12.1 Å². The molecule has 2 atom stereocenters. The van der Waals surface area contributed by atoms with Gasteiger partial charge in [-0.3, -0.25) is 4.79 Å². The summed E-state index contributed by atoms with van der Waals surface area (Å²) >= 11 is 0. The van der Waals surface area contributed by atoms with Crippen LogP contribution in [-0.2, 0) is 4.79 Å². The Morgan fingerprint density at radius 1 is 1.32 bits per heavy atom. The number of carbonyl (C=O) groups is 1. The molecule has 1 aliphatic heterocycles. The van der Waals surface area contributed by atoms with E-state index in [2.05, 4.69) is 43.4 Å². The van der Waals surface area contributed by atoms with Gasteiger partial charge in [0.25, 0.3) is 0 Å². The van der Waals surface area contributed by atoms with Crippen LogP contribution in [-0.4, -0.2) is 17.5 Å². The van der Waals surface area contributed by atoms with Crippen LogP contribution in [0.15, 0.2) is 29.4 Å². The highest BCUT2D eigenvalue weighted by Gasteiger charge is 2.46. The first-order valence-corrected chi connectivity index (χ1v) is 6.90. The number of aryl methyl sites for hydroxylation is 1. The first kappa shape index (κ1) is 12.4. The topological polar surface area (TPSA) is 41.5 Å². The normalized spacial score (nSPS) is 28.6. The summed E-state index contributed by atoms with van der Waals surface area (Å²) in [4.78, 5) is 12.5. The molecule has 1 heterocycles. The molecule has 3 heteroatoms. The van der Waals surface area contributed by atoms with Crippen LogP contribution in [0.5, 0.6) is 0 Å². The van der Waals surface area contributed by atoms with Crippen molar-refractivity contribution in [1.82, 2.24) is 5.43 Å². The van der Waals surface area contributed by atoms with Crippen molar-refractivity contribution in [2.24, 2.45) is 16.4 Å². The van der Waals surface area contributed by atoms with Crippen molar-refractivity contribution in [3.8, 4) is 0 Å². The van der Waals surface area contributed by atoms with Gasteiger partial charge < -0.3 is 5.43 Å². The van der Waals surface area contributed by atoms with Crippen LogP contribution in [0, 0.1) is 18.3 Å². The number of hydrogen-bond acceptors (Lipinski definition) is 3. The molecule has 0 saturated heterocycles. The van der Waals surface area contributed by atoms with Gasteiger partial charge in [0.2, 0.25) is 0 Å². The Balaban J connectivity index is 1.95. The van der Waals surface area contributed by atoms with Crippen LogP contribution in [0.2, 0.25) is 0 Å². The monoisotopic (exact) mass is 256 g/mol. The third-order valence-electron chi connectivity index (χ3n) is 4.24. The first-order chi connectivity index (χ1) is 8.98. The summed E-state index contributed by atoms with van der Waals surface area (Å²) in [6.07, 6.45) is 1.66. The van der Waals surface area contributed by atoms with Crippen molar-refractivity contribution in [2.75, 3.05) is 0 Å². The number of rotatable bonds is 1. The lowest BCUT2D eigenvalue weighted by molar-refractivity contribution is -0.126. The Labute approximate surface area is 114 Å². The maximum atomic E-state index is 12.5. The van der Waals surface area contributed by atoms with Crippen molar-refractivity contribution in [3.05, 3.63) is 35.4 Å². The van der Waals surface area contributed by atoms with Crippen molar-refractivity contribution < 1.29 is 4.79 Å². The molecule has 19 heavy (non-hydrogen) atoms. The van der Waals surface area contributed by atoms with Gasteiger partial charge in [-0.15, -0.1) is 0 Å². The molecular weight excluding hydrogens is 236 g/mol.